The lowest BCUT2D eigenvalue weighted by atomic mass is 9.74. The third-order valence-corrected chi connectivity index (χ3v) is 6.72. The van der Waals surface area contributed by atoms with Crippen LogP contribution < -0.4 is 5.32 Å². The van der Waals surface area contributed by atoms with Gasteiger partial charge in [-0.1, -0.05) is 41.9 Å². The Hall–Kier alpha value is -0.950. The van der Waals surface area contributed by atoms with Gasteiger partial charge in [0.2, 0.25) is 5.91 Å². The summed E-state index contributed by atoms with van der Waals surface area (Å²) in [5.41, 5.74) is 1.19. The van der Waals surface area contributed by atoms with Crippen LogP contribution in [0.4, 0.5) is 0 Å². The molecular weight excluding hydrogens is 432 g/mol. The van der Waals surface area contributed by atoms with E-state index >= 15 is 0 Å². The average molecular weight is 467 g/mol. The highest BCUT2D eigenvalue weighted by Gasteiger charge is 2.38. The Labute approximate surface area is 183 Å². The first-order valence-electron chi connectivity index (χ1n) is 10.8. The molecule has 29 heavy (non-hydrogen) atoms. The quantitative estimate of drug-likeness (QED) is 0.693. The van der Waals surface area contributed by atoms with Crippen LogP contribution in [0.3, 0.4) is 0 Å². The van der Waals surface area contributed by atoms with E-state index in [-0.39, 0.29) is 35.5 Å². The van der Waals surface area contributed by atoms with Crippen LogP contribution in [-0.2, 0) is 19.7 Å². The van der Waals surface area contributed by atoms with Gasteiger partial charge in [0.1, 0.15) is 0 Å². The van der Waals surface area contributed by atoms with Crippen LogP contribution in [0.15, 0.2) is 28.7 Å². The maximum Gasteiger partial charge on any atom is 0.237 e. The van der Waals surface area contributed by atoms with Gasteiger partial charge in [0, 0.05) is 42.7 Å². The first kappa shape index (κ1) is 22.7. The van der Waals surface area contributed by atoms with Gasteiger partial charge in [0.15, 0.2) is 0 Å². The van der Waals surface area contributed by atoms with Gasteiger partial charge in [0.25, 0.3) is 0 Å². The number of rotatable bonds is 6. The van der Waals surface area contributed by atoms with Crippen LogP contribution in [0.2, 0.25) is 0 Å². The summed E-state index contributed by atoms with van der Waals surface area (Å²) in [5.74, 6) is 0.367. The number of halogens is 1. The van der Waals surface area contributed by atoms with E-state index in [9.17, 15) is 4.79 Å². The highest BCUT2D eigenvalue weighted by molar-refractivity contribution is 9.10. The molecule has 3 atom stereocenters. The molecule has 162 valence electrons. The Morgan fingerprint density at radius 1 is 1.24 bits per heavy atom. The topological polar surface area (TPSA) is 50.8 Å². The summed E-state index contributed by atoms with van der Waals surface area (Å²) >= 11 is 3.60. The number of morpholine rings is 1. The molecule has 1 aromatic rings. The first-order valence-corrected chi connectivity index (χ1v) is 11.6. The van der Waals surface area contributed by atoms with Crippen LogP contribution in [-0.4, -0.2) is 61.9 Å². The summed E-state index contributed by atoms with van der Waals surface area (Å²) in [7, 11) is 0. The molecule has 6 heteroatoms. The number of hydrogen-bond acceptors (Lipinski definition) is 4. The number of carbonyl (C=O) groups is 1. The fourth-order valence-electron chi connectivity index (χ4n) is 4.84. The molecule has 0 aliphatic carbocycles. The molecule has 2 heterocycles. The summed E-state index contributed by atoms with van der Waals surface area (Å²) in [4.78, 5) is 15.6. The highest BCUT2D eigenvalue weighted by Crippen LogP contribution is 2.35. The lowest BCUT2D eigenvalue weighted by Crippen LogP contribution is -2.58. The van der Waals surface area contributed by atoms with E-state index in [4.69, 9.17) is 9.47 Å². The van der Waals surface area contributed by atoms with Crippen LogP contribution in [0.25, 0.3) is 0 Å². The number of nitrogens with zero attached hydrogens (tertiary/aromatic N) is 1. The van der Waals surface area contributed by atoms with E-state index in [0.29, 0.717) is 6.54 Å². The number of carbonyl (C=O) groups excluding carboxylic acids is 1. The fraction of sp³-hybridized carbons (Fsp3) is 0.696. The van der Waals surface area contributed by atoms with Gasteiger partial charge in [-0.3, -0.25) is 9.69 Å². The summed E-state index contributed by atoms with van der Waals surface area (Å²) in [6, 6.07) is 8.34. The molecule has 0 saturated carbocycles. The van der Waals surface area contributed by atoms with Crippen molar-refractivity contribution in [3.8, 4) is 0 Å². The predicted molar refractivity (Wildman–Crippen MR) is 119 cm³/mol. The number of benzene rings is 1. The van der Waals surface area contributed by atoms with Crippen molar-refractivity contribution in [1.82, 2.24) is 10.2 Å². The summed E-state index contributed by atoms with van der Waals surface area (Å²) in [6.07, 6.45) is 2.14. The molecule has 3 rings (SSSR count). The molecule has 2 fully saturated rings. The molecule has 0 radical (unpaired) electrons. The Kier molecular flexibility index (Phi) is 7.76. The van der Waals surface area contributed by atoms with Crippen LogP contribution in [0.1, 0.15) is 46.1 Å². The molecule has 3 unspecified atom stereocenters. The van der Waals surface area contributed by atoms with E-state index in [0.717, 1.165) is 43.6 Å². The fourth-order valence-corrected chi connectivity index (χ4v) is 5.24. The summed E-state index contributed by atoms with van der Waals surface area (Å²) < 4.78 is 12.6. The Bertz CT molecular complexity index is 680. The zero-order valence-corrected chi connectivity index (χ0v) is 19.7. The van der Waals surface area contributed by atoms with Gasteiger partial charge in [-0.25, -0.2) is 0 Å². The van der Waals surface area contributed by atoms with Crippen molar-refractivity contribution < 1.29 is 14.3 Å². The second-order valence-corrected chi connectivity index (χ2v) is 9.94. The predicted octanol–water partition coefficient (Wildman–Crippen LogP) is 3.75. The van der Waals surface area contributed by atoms with Gasteiger partial charge in [-0.05, 0) is 50.3 Å². The lowest BCUT2D eigenvalue weighted by Gasteiger charge is -2.42. The minimum absolute atomic E-state index is 0.0786. The van der Waals surface area contributed by atoms with E-state index in [1.807, 2.05) is 6.07 Å². The summed E-state index contributed by atoms with van der Waals surface area (Å²) in [6.45, 7) is 12.1. The van der Waals surface area contributed by atoms with Crippen molar-refractivity contribution in [2.45, 2.75) is 64.2 Å². The van der Waals surface area contributed by atoms with Crippen LogP contribution >= 0.6 is 15.9 Å². The number of ether oxygens (including phenoxy) is 2. The molecule has 0 aromatic heterocycles. The van der Waals surface area contributed by atoms with Crippen molar-refractivity contribution in [3.63, 3.8) is 0 Å². The van der Waals surface area contributed by atoms with Gasteiger partial charge >= 0.3 is 0 Å². The zero-order valence-electron chi connectivity index (χ0n) is 18.1. The minimum Gasteiger partial charge on any atom is -0.381 e. The summed E-state index contributed by atoms with van der Waals surface area (Å²) in [5, 5.41) is 3.33. The molecule has 1 N–H and O–H groups in total. The SMILES string of the molecule is CC1CN(C(C(=O)NCC2(c3cccc(Br)c3)CCOCC2)C(C)C)CC(C)O1. The molecule has 2 aliphatic rings. The molecule has 2 saturated heterocycles. The largest absolute Gasteiger partial charge is 0.381 e. The van der Waals surface area contributed by atoms with Gasteiger partial charge < -0.3 is 14.8 Å². The van der Waals surface area contributed by atoms with Crippen molar-refractivity contribution in [1.29, 1.82) is 0 Å². The second kappa shape index (κ2) is 9.90. The van der Waals surface area contributed by atoms with Crippen molar-refractivity contribution >= 4 is 21.8 Å². The lowest BCUT2D eigenvalue weighted by molar-refractivity contribution is -0.135. The first-order chi connectivity index (χ1) is 13.8. The molecule has 1 aromatic carbocycles. The number of amides is 1. The number of nitrogens with one attached hydrogen (secondary N) is 1. The third kappa shape index (κ3) is 5.60. The number of hydrogen-bond donors (Lipinski definition) is 1. The standard InChI is InChI=1S/C23H35BrN2O3/c1-16(2)21(26-13-17(3)29-18(4)14-26)22(27)25-15-23(8-10-28-11-9-23)19-6-5-7-20(24)12-19/h5-7,12,16-18,21H,8-11,13-15H2,1-4H3,(H,25,27). The van der Waals surface area contributed by atoms with Crippen molar-refractivity contribution in [2.24, 2.45) is 5.92 Å². The van der Waals surface area contributed by atoms with Gasteiger partial charge in [0.05, 0.1) is 18.2 Å². The maximum atomic E-state index is 13.3. The second-order valence-electron chi connectivity index (χ2n) is 9.02. The Morgan fingerprint density at radius 3 is 2.48 bits per heavy atom. The Balaban J connectivity index is 1.74. The molecular formula is C23H35BrN2O3. The molecule has 0 bridgehead atoms. The highest BCUT2D eigenvalue weighted by atomic mass is 79.9. The smallest absolute Gasteiger partial charge is 0.237 e. The maximum absolute atomic E-state index is 13.3. The van der Waals surface area contributed by atoms with E-state index in [1.165, 1.54) is 5.56 Å². The zero-order chi connectivity index (χ0) is 21.0. The van der Waals surface area contributed by atoms with E-state index in [2.05, 4.69) is 72.0 Å². The van der Waals surface area contributed by atoms with E-state index in [1.54, 1.807) is 0 Å². The minimum atomic E-state index is -0.136. The third-order valence-electron chi connectivity index (χ3n) is 6.23. The van der Waals surface area contributed by atoms with E-state index < -0.39 is 0 Å². The molecule has 1 amide bonds. The molecule has 0 spiro atoms. The van der Waals surface area contributed by atoms with Crippen LogP contribution in [0, 0.1) is 5.92 Å². The normalized spacial score (nSPS) is 26.3. The monoisotopic (exact) mass is 466 g/mol. The van der Waals surface area contributed by atoms with Crippen molar-refractivity contribution in [3.05, 3.63) is 34.3 Å². The molecule has 5 nitrogen and oxygen atoms in total. The Morgan fingerprint density at radius 2 is 1.90 bits per heavy atom. The molecule has 2 aliphatic heterocycles. The van der Waals surface area contributed by atoms with Crippen molar-refractivity contribution in [2.75, 3.05) is 32.8 Å². The van der Waals surface area contributed by atoms with Gasteiger partial charge in [-0.2, -0.15) is 0 Å². The average Bonchev–Trinajstić information content (AvgIpc) is 2.66. The van der Waals surface area contributed by atoms with Gasteiger partial charge in [-0.15, -0.1) is 0 Å². The van der Waals surface area contributed by atoms with Crippen LogP contribution in [0.5, 0.6) is 0 Å².